The molecule has 0 heterocycles. The highest BCUT2D eigenvalue weighted by Crippen LogP contribution is 2.09. The second kappa shape index (κ2) is 8.97. The summed E-state index contributed by atoms with van der Waals surface area (Å²) in [6, 6.07) is 9.74. The van der Waals surface area contributed by atoms with Crippen molar-refractivity contribution in [3.8, 4) is 5.75 Å². The Morgan fingerprint density at radius 2 is 2.00 bits per heavy atom. The first-order valence-electron chi connectivity index (χ1n) is 6.65. The van der Waals surface area contributed by atoms with Crippen LogP contribution in [0.25, 0.3) is 0 Å². The van der Waals surface area contributed by atoms with Gasteiger partial charge in [-0.3, -0.25) is 4.79 Å². The monoisotopic (exact) mass is 327 g/mol. The SMILES string of the molecule is CC(C)CC(CBr)NC(=O)CCOc1ccccc1. The zero-order valence-corrected chi connectivity index (χ0v) is 13.2. The van der Waals surface area contributed by atoms with Crippen LogP contribution in [-0.4, -0.2) is 23.9 Å². The lowest BCUT2D eigenvalue weighted by Gasteiger charge is -2.18. The van der Waals surface area contributed by atoms with E-state index in [2.05, 4.69) is 35.1 Å². The third kappa shape index (κ3) is 7.21. The summed E-state index contributed by atoms with van der Waals surface area (Å²) < 4.78 is 5.50. The van der Waals surface area contributed by atoms with Crippen molar-refractivity contribution in [1.82, 2.24) is 5.32 Å². The largest absolute Gasteiger partial charge is 0.493 e. The van der Waals surface area contributed by atoms with E-state index in [-0.39, 0.29) is 11.9 Å². The fourth-order valence-corrected chi connectivity index (χ4v) is 2.23. The summed E-state index contributed by atoms with van der Waals surface area (Å²) in [5, 5.41) is 3.81. The number of nitrogens with one attached hydrogen (secondary N) is 1. The van der Waals surface area contributed by atoms with Gasteiger partial charge in [0.1, 0.15) is 5.75 Å². The lowest BCUT2D eigenvalue weighted by atomic mass is 10.1. The van der Waals surface area contributed by atoms with Crippen molar-refractivity contribution in [2.45, 2.75) is 32.7 Å². The smallest absolute Gasteiger partial charge is 0.223 e. The molecule has 0 radical (unpaired) electrons. The van der Waals surface area contributed by atoms with Crippen LogP contribution >= 0.6 is 15.9 Å². The lowest BCUT2D eigenvalue weighted by molar-refractivity contribution is -0.122. The molecule has 0 aliphatic rings. The maximum atomic E-state index is 11.8. The Kier molecular flexibility index (Phi) is 7.56. The third-order valence-corrected chi connectivity index (χ3v) is 3.43. The van der Waals surface area contributed by atoms with Gasteiger partial charge in [-0.2, -0.15) is 0 Å². The number of carbonyl (C=O) groups excluding carboxylic acids is 1. The molecular weight excluding hydrogens is 306 g/mol. The fourth-order valence-electron chi connectivity index (χ4n) is 1.81. The van der Waals surface area contributed by atoms with Crippen LogP contribution in [0.5, 0.6) is 5.75 Å². The minimum absolute atomic E-state index is 0.0426. The molecule has 0 saturated heterocycles. The van der Waals surface area contributed by atoms with Crippen molar-refractivity contribution in [2.24, 2.45) is 5.92 Å². The van der Waals surface area contributed by atoms with Crippen molar-refractivity contribution >= 4 is 21.8 Å². The van der Waals surface area contributed by atoms with E-state index in [1.165, 1.54) is 0 Å². The van der Waals surface area contributed by atoms with E-state index < -0.39 is 0 Å². The number of benzene rings is 1. The number of hydrogen-bond donors (Lipinski definition) is 1. The molecule has 1 atom stereocenters. The van der Waals surface area contributed by atoms with Crippen LogP contribution in [0.15, 0.2) is 30.3 Å². The highest BCUT2D eigenvalue weighted by atomic mass is 79.9. The average molecular weight is 328 g/mol. The number of amides is 1. The molecule has 0 saturated carbocycles. The van der Waals surface area contributed by atoms with Gasteiger partial charge in [0.2, 0.25) is 5.91 Å². The van der Waals surface area contributed by atoms with E-state index in [0.29, 0.717) is 18.9 Å². The first-order valence-corrected chi connectivity index (χ1v) is 7.77. The molecule has 1 aromatic rings. The van der Waals surface area contributed by atoms with E-state index in [4.69, 9.17) is 4.74 Å². The molecule has 0 fully saturated rings. The van der Waals surface area contributed by atoms with Gasteiger partial charge in [-0.25, -0.2) is 0 Å². The van der Waals surface area contributed by atoms with Gasteiger partial charge in [-0.15, -0.1) is 0 Å². The molecule has 106 valence electrons. The van der Waals surface area contributed by atoms with Gasteiger partial charge in [0.25, 0.3) is 0 Å². The van der Waals surface area contributed by atoms with Crippen molar-refractivity contribution in [2.75, 3.05) is 11.9 Å². The van der Waals surface area contributed by atoms with Gasteiger partial charge >= 0.3 is 0 Å². The molecule has 1 N–H and O–H groups in total. The molecule has 0 aromatic heterocycles. The number of alkyl halides is 1. The molecular formula is C15H22BrNO2. The van der Waals surface area contributed by atoms with Gasteiger partial charge < -0.3 is 10.1 Å². The molecule has 0 bridgehead atoms. The highest BCUT2D eigenvalue weighted by Gasteiger charge is 2.12. The van der Waals surface area contributed by atoms with Crippen molar-refractivity contribution in [1.29, 1.82) is 0 Å². The van der Waals surface area contributed by atoms with Crippen molar-refractivity contribution < 1.29 is 9.53 Å². The molecule has 0 aliphatic carbocycles. The minimum Gasteiger partial charge on any atom is -0.493 e. The van der Waals surface area contributed by atoms with Crippen LogP contribution in [0.2, 0.25) is 0 Å². The van der Waals surface area contributed by atoms with Gasteiger partial charge in [0, 0.05) is 11.4 Å². The van der Waals surface area contributed by atoms with E-state index in [1.807, 2.05) is 30.3 Å². The molecule has 0 spiro atoms. The number of para-hydroxylation sites is 1. The zero-order valence-electron chi connectivity index (χ0n) is 11.6. The fraction of sp³-hybridized carbons (Fsp3) is 0.533. The summed E-state index contributed by atoms with van der Waals surface area (Å²) in [7, 11) is 0. The Hall–Kier alpha value is -1.03. The molecule has 1 rings (SSSR count). The quantitative estimate of drug-likeness (QED) is 0.743. The van der Waals surface area contributed by atoms with Gasteiger partial charge in [-0.05, 0) is 24.5 Å². The Morgan fingerprint density at radius 1 is 1.32 bits per heavy atom. The predicted octanol–water partition coefficient (Wildman–Crippen LogP) is 3.38. The van der Waals surface area contributed by atoms with Crippen LogP contribution in [0, 0.1) is 5.92 Å². The molecule has 3 nitrogen and oxygen atoms in total. The van der Waals surface area contributed by atoms with Gasteiger partial charge in [0.15, 0.2) is 0 Å². The molecule has 19 heavy (non-hydrogen) atoms. The summed E-state index contributed by atoms with van der Waals surface area (Å²) in [4.78, 5) is 11.8. The van der Waals surface area contributed by atoms with Crippen LogP contribution in [-0.2, 0) is 4.79 Å². The van der Waals surface area contributed by atoms with Crippen LogP contribution < -0.4 is 10.1 Å². The molecule has 0 aliphatic heterocycles. The average Bonchev–Trinajstić information content (AvgIpc) is 2.38. The van der Waals surface area contributed by atoms with E-state index in [1.54, 1.807) is 0 Å². The third-order valence-electron chi connectivity index (χ3n) is 2.65. The Morgan fingerprint density at radius 3 is 2.58 bits per heavy atom. The standard InChI is InChI=1S/C15H22BrNO2/c1-12(2)10-13(11-16)17-15(18)8-9-19-14-6-4-3-5-7-14/h3-7,12-13H,8-11H2,1-2H3,(H,17,18). The Balaban J connectivity index is 2.23. The normalized spacial score (nSPS) is 12.2. The van der Waals surface area contributed by atoms with Crippen molar-refractivity contribution in [3.05, 3.63) is 30.3 Å². The van der Waals surface area contributed by atoms with Gasteiger partial charge in [0.05, 0.1) is 13.0 Å². The zero-order chi connectivity index (χ0) is 14.1. The molecule has 4 heteroatoms. The number of ether oxygens (including phenoxy) is 1. The van der Waals surface area contributed by atoms with Crippen LogP contribution in [0.4, 0.5) is 0 Å². The van der Waals surface area contributed by atoms with E-state index >= 15 is 0 Å². The van der Waals surface area contributed by atoms with Crippen molar-refractivity contribution in [3.63, 3.8) is 0 Å². The Bertz CT molecular complexity index is 368. The second-order valence-corrected chi connectivity index (χ2v) is 5.61. The highest BCUT2D eigenvalue weighted by molar-refractivity contribution is 9.09. The first kappa shape index (κ1) is 16.0. The second-order valence-electron chi connectivity index (χ2n) is 4.96. The van der Waals surface area contributed by atoms with E-state index in [9.17, 15) is 4.79 Å². The maximum absolute atomic E-state index is 11.8. The number of halogens is 1. The number of hydrogen-bond acceptors (Lipinski definition) is 2. The number of carbonyl (C=O) groups is 1. The maximum Gasteiger partial charge on any atom is 0.223 e. The Labute approximate surface area is 123 Å². The molecule has 1 amide bonds. The number of rotatable bonds is 8. The van der Waals surface area contributed by atoms with E-state index in [0.717, 1.165) is 17.5 Å². The van der Waals surface area contributed by atoms with Gasteiger partial charge in [-0.1, -0.05) is 48.0 Å². The summed E-state index contributed by atoms with van der Waals surface area (Å²) in [5.41, 5.74) is 0. The summed E-state index contributed by atoms with van der Waals surface area (Å²) in [6.45, 7) is 4.72. The van der Waals surface area contributed by atoms with Crippen LogP contribution in [0.1, 0.15) is 26.7 Å². The van der Waals surface area contributed by atoms with Crippen LogP contribution in [0.3, 0.4) is 0 Å². The molecule has 1 unspecified atom stereocenters. The first-order chi connectivity index (χ1) is 9.11. The minimum atomic E-state index is 0.0426. The lowest BCUT2D eigenvalue weighted by Crippen LogP contribution is -2.37. The summed E-state index contributed by atoms with van der Waals surface area (Å²) in [5.74, 6) is 1.42. The topological polar surface area (TPSA) is 38.3 Å². The predicted molar refractivity (Wildman–Crippen MR) is 81.7 cm³/mol. The summed E-state index contributed by atoms with van der Waals surface area (Å²) in [6.07, 6.45) is 1.37. The molecule has 1 aromatic carbocycles. The summed E-state index contributed by atoms with van der Waals surface area (Å²) >= 11 is 3.43.